The number of hydrogen-bond acceptors (Lipinski definition) is 5. The maximum Gasteiger partial charge on any atom is 0.221 e. The minimum absolute atomic E-state index is 0.252. The summed E-state index contributed by atoms with van der Waals surface area (Å²) < 4.78 is 19.7. The van der Waals surface area contributed by atoms with Gasteiger partial charge >= 0.3 is 0 Å². The normalized spacial score (nSPS) is 9.52. The minimum Gasteiger partial charge on any atom is -0.468 e. The Morgan fingerprint density at radius 1 is 1.48 bits per heavy atom. The molecule has 0 spiro atoms. The molecule has 1 amide bonds. The van der Waals surface area contributed by atoms with Crippen LogP contribution in [0.5, 0.6) is 0 Å². The molecule has 0 bridgehead atoms. The number of thioether (sulfide) groups is 1. The highest BCUT2D eigenvalue weighted by Gasteiger charge is 2.12. The summed E-state index contributed by atoms with van der Waals surface area (Å²) in [5.74, 6) is 5.70. The number of amides is 1. The van der Waals surface area contributed by atoms with E-state index in [-0.39, 0.29) is 5.82 Å². The highest BCUT2D eigenvalue weighted by molar-refractivity contribution is 9.10. The third-order valence-electron chi connectivity index (χ3n) is 2.32. The Kier molecular flexibility index (Phi) is 7.88. The first-order valence-corrected chi connectivity index (χ1v) is 7.62. The first-order valence-electron chi connectivity index (χ1n) is 5.84. The number of furan rings is 1. The number of nitrogens with two attached hydrogens (primary N) is 1. The molecule has 0 unspecified atom stereocenters. The molecule has 1 aromatic heterocycles. The van der Waals surface area contributed by atoms with Crippen molar-refractivity contribution in [1.29, 1.82) is 0 Å². The van der Waals surface area contributed by atoms with Crippen LogP contribution >= 0.6 is 27.7 Å². The number of nitrogens with one attached hydrogen (secondary N) is 2. The van der Waals surface area contributed by atoms with Crippen molar-refractivity contribution < 1.29 is 13.6 Å². The second kappa shape index (κ2) is 9.43. The molecule has 2 aromatic rings. The molecule has 0 fully saturated rings. The Labute approximate surface area is 134 Å². The summed E-state index contributed by atoms with van der Waals surface area (Å²) in [7, 11) is 1.71. The third kappa shape index (κ3) is 5.41. The van der Waals surface area contributed by atoms with Gasteiger partial charge in [-0.25, -0.2) is 10.2 Å². The van der Waals surface area contributed by atoms with Crippen LogP contribution in [0.25, 0.3) is 0 Å². The molecular weight excluding hydrogens is 361 g/mol. The van der Waals surface area contributed by atoms with Crippen molar-refractivity contribution in [2.75, 3.05) is 12.4 Å². The molecule has 0 aliphatic rings. The molecule has 0 atom stereocenters. The number of anilines is 1. The van der Waals surface area contributed by atoms with E-state index in [0.717, 1.165) is 15.1 Å². The van der Waals surface area contributed by atoms with E-state index in [9.17, 15) is 4.39 Å². The minimum atomic E-state index is -0.252. The van der Waals surface area contributed by atoms with Gasteiger partial charge in [-0.1, -0.05) is 0 Å². The summed E-state index contributed by atoms with van der Waals surface area (Å²) in [6, 6.07) is 6.89. The molecule has 2 rings (SSSR count). The average Bonchev–Trinajstić information content (AvgIpc) is 3.01. The number of halogens is 2. The van der Waals surface area contributed by atoms with Crippen molar-refractivity contribution >= 4 is 39.8 Å². The molecule has 0 aliphatic heterocycles. The van der Waals surface area contributed by atoms with Crippen LogP contribution in [0.15, 0.2) is 44.3 Å². The largest absolute Gasteiger partial charge is 0.468 e. The van der Waals surface area contributed by atoms with E-state index in [2.05, 4.69) is 27.1 Å². The van der Waals surface area contributed by atoms with Gasteiger partial charge in [0.2, 0.25) is 6.41 Å². The van der Waals surface area contributed by atoms with E-state index in [0.29, 0.717) is 17.9 Å². The second-order valence-corrected chi connectivity index (χ2v) is 5.48. The van der Waals surface area contributed by atoms with Gasteiger partial charge in [0.1, 0.15) is 11.6 Å². The van der Waals surface area contributed by atoms with Crippen molar-refractivity contribution in [2.45, 2.75) is 10.6 Å². The second-order valence-electron chi connectivity index (χ2n) is 3.64. The van der Waals surface area contributed by atoms with Crippen LogP contribution in [0, 0.1) is 5.82 Å². The smallest absolute Gasteiger partial charge is 0.221 e. The number of benzene rings is 1. The van der Waals surface area contributed by atoms with Gasteiger partial charge in [-0.2, -0.15) is 0 Å². The summed E-state index contributed by atoms with van der Waals surface area (Å²) in [4.78, 5) is 9.79. The zero-order valence-electron chi connectivity index (χ0n) is 11.2. The van der Waals surface area contributed by atoms with Gasteiger partial charge < -0.3 is 9.73 Å². The lowest BCUT2D eigenvalue weighted by Crippen LogP contribution is -2.18. The summed E-state index contributed by atoms with van der Waals surface area (Å²) in [5, 5.41) is 2.88. The van der Waals surface area contributed by atoms with E-state index < -0.39 is 0 Å². The Morgan fingerprint density at radius 3 is 2.71 bits per heavy atom. The predicted octanol–water partition coefficient (Wildman–Crippen LogP) is 3.12. The van der Waals surface area contributed by atoms with Gasteiger partial charge in [-0.05, 0) is 40.2 Å². The number of hydrazine groups is 1. The van der Waals surface area contributed by atoms with Crippen LogP contribution < -0.4 is 16.6 Å². The van der Waals surface area contributed by atoms with Gasteiger partial charge in [-0.15, -0.1) is 11.8 Å². The average molecular weight is 376 g/mol. The van der Waals surface area contributed by atoms with Crippen LogP contribution in [0.1, 0.15) is 5.76 Å². The van der Waals surface area contributed by atoms with Crippen molar-refractivity contribution in [3.8, 4) is 0 Å². The molecule has 5 nitrogen and oxygen atoms in total. The van der Waals surface area contributed by atoms with Gasteiger partial charge in [0.25, 0.3) is 0 Å². The van der Waals surface area contributed by atoms with E-state index in [1.54, 1.807) is 24.8 Å². The molecule has 8 heteroatoms. The zero-order chi connectivity index (χ0) is 15.7. The van der Waals surface area contributed by atoms with Crippen LogP contribution in [-0.2, 0) is 10.5 Å². The summed E-state index contributed by atoms with van der Waals surface area (Å²) >= 11 is 4.96. The van der Waals surface area contributed by atoms with Gasteiger partial charge in [0.05, 0.1) is 17.7 Å². The molecule has 0 radical (unpaired) electrons. The predicted molar refractivity (Wildman–Crippen MR) is 85.3 cm³/mol. The van der Waals surface area contributed by atoms with E-state index in [4.69, 9.17) is 9.21 Å². The van der Waals surface area contributed by atoms with Crippen LogP contribution in [0.2, 0.25) is 0 Å². The molecular formula is C13H15BrFN3O2S. The quantitative estimate of drug-likeness (QED) is 0.246. The lowest BCUT2D eigenvalue weighted by atomic mass is 10.3. The molecule has 114 valence electrons. The fourth-order valence-electron chi connectivity index (χ4n) is 1.45. The number of hydrogen-bond donors (Lipinski definition) is 3. The fraction of sp³-hybridized carbons (Fsp3) is 0.154. The monoisotopic (exact) mass is 375 g/mol. The topological polar surface area (TPSA) is 80.3 Å². The van der Waals surface area contributed by atoms with Crippen molar-refractivity contribution in [3.63, 3.8) is 0 Å². The summed E-state index contributed by atoms with van der Waals surface area (Å²) in [6.45, 7) is 0. The SMILES string of the molecule is CNc1c(F)ccc(Br)c1SCc1ccco1.NNC=O. The highest BCUT2D eigenvalue weighted by atomic mass is 79.9. The fourth-order valence-corrected chi connectivity index (χ4v) is 3.12. The Hall–Kier alpha value is -1.51. The van der Waals surface area contributed by atoms with Crippen molar-refractivity contribution in [1.82, 2.24) is 5.43 Å². The molecule has 0 saturated heterocycles. The maximum atomic E-state index is 13.6. The summed E-state index contributed by atoms with van der Waals surface area (Å²) in [5.41, 5.74) is 2.26. The Bertz CT molecular complexity index is 567. The number of rotatable bonds is 5. The van der Waals surface area contributed by atoms with Crippen molar-refractivity contribution in [2.24, 2.45) is 5.84 Å². The van der Waals surface area contributed by atoms with Gasteiger partial charge in [-0.3, -0.25) is 10.2 Å². The highest BCUT2D eigenvalue weighted by Crippen LogP contribution is 2.37. The molecule has 4 N–H and O–H groups in total. The lowest BCUT2D eigenvalue weighted by Gasteiger charge is -2.11. The first-order chi connectivity index (χ1) is 10.1. The van der Waals surface area contributed by atoms with Crippen LogP contribution in [0.3, 0.4) is 0 Å². The Morgan fingerprint density at radius 2 is 2.19 bits per heavy atom. The van der Waals surface area contributed by atoms with E-state index >= 15 is 0 Å². The number of carbonyl (C=O) groups excluding carboxylic acids is 1. The first kappa shape index (κ1) is 17.5. The molecule has 1 heterocycles. The van der Waals surface area contributed by atoms with Crippen LogP contribution in [-0.4, -0.2) is 13.5 Å². The lowest BCUT2D eigenvalue weighted by molar-refractivity contribution is -0.109. The van der Waals surface area contributed by atoms with E-state index in [1.807, 2.05) is 12.1 Å². The van der Waals surface area contributed by atoms with Gasteiger partial charge in [0.15, 0.2) is 0 Å². The van der Waals surface area contributed by atoms with Gasteiger partial charge in [0, 0.05) is 16.4 Å². The molecule has 0 aliphatic carbocycles. The molecule has 1 aromatic carbocycles. The zero-order valence-corrected chi connectivity index (χ0v) is 13.6. The maximum absolute atomic E-state index is 13.6. The molecule has 21 heavy (non-hydrogen) atoms. The number of carbonyl (C=O) groups is 1. The third-order valence-corrected chi connectivity index (χ3v) is 4.38. The molecule has 0 saturated carbocycles. The Balaban J connectivity index is 0.000000491. The summed E-state index contributed by atoms with van der Waals surface area (Å²) in [6.07, 6.45) is 2.04. The van der Waals surface area contributed by atoms with Crippen molar-refractivity contribution in [3.05, 3.63) is 46.6 Å². The van der Waals surface area contributed by atoms with Crippen LogP contribution in [0.4, 0.5) is 10.1 Å². The standard InChI is InChI=1S/C12H11BrFNOS.CH4N2O/c1-15-11-10(14)5-4-9(13)12(11)17-7-8-3-2-6-16-8;2-3-1-4/h2-6,15H,7H2,1H3;1H,2H2,(H,3,4). The van der Waals surface area contributed by atoms with E-state index in [1.165, 1.54) is 17.8 Å².